The number of nitrogens with one attached hydrogen (secondary N) is 2. The molecular formula is C28H26N4O7S2. The number of amides is 1. The van der Waals surface area contributed by atoms with E-state index in [1.807, 2.05) is 13.0 Å². The number of carbonyl (C=O) groups excluding carboxylic acids is 1. The van der Waals surface area contributed by atoms with Crippen LogP contribution in [0.15, 0.2) is 107 Å². The number of carbonyl (C=O) groups is 1. The van der Waals surface area contributed by atoms with Crippen molar-refractivity contribution in [3.05, 3.63) is 118 Å². The van der Waals surface area contributed by atoms with Gasteiger partial charge in [-0.1, -0.05) is 42.0 Å². The molecule has 11 nitrogen and oxygen atoms in total. The van der Waals surface area contributed by atoms with Gasteiger partial charge in [0.15, 0.2) is 0 Å². The number of nitrogens with zero attached hydrogens (tertiary/aromatic N) is 2. The van der Waals surface area contributed by atoms with Crippen molar-refractivity contribution in [3.63, 3.8) is 0 Å². The van der Waals surface area contributed by atoms with Crippen molar-refractivity contribution < 1.29 is 26.6 Å². The average molecular weight is 595 g/mol. The summed E-state index contributed by atoms with van der Waals surface area (Å²) in [6.07, 6.45) is 0. The van der Waals surface area contributed by atoms with E-state index in [2.05, 4.69) is 10.0 Å². The number of nitro groups is 1. The maximum atomic E-state index is 13.5. The Bertz CT molecular complexity index is 1810. The molecule has 0 spiro atoms. The SMILES string of the molecule is Cc1ccc(NS(=O)(=O)c2ccc(NC(=O)CN(c3cccc([N+](=O)[O-])c3)S(=O)(=O)c3ccccc3)cc2)c(C)c1. The third-order valence-corrected chi connectivity index (χ3v) is 9.19. The standard InChI is InChI=1S/C28H26N4O7S2/c1-20-11-16-27(21(2)17-20)30-40(36,37)25-14-12-22(13-15-25)29-28(33)19-31(23-7-6-8-24(18-23)32(34)35)41(38,39)26-9-4-3-5-10-26/h3-18,30H,19H2,1-2H3,(H,29,33). The molecule has 0 aliphatic carbocycles. The van der Waals surface area contributed by atoms with Gasteiger partial charge in [-0.05, 0) is 67.9 Å². The highest BCUT2D eigenvalue weighted by atomic mass is 32.2. The topological polar surface area (TPSA) is 156 Å². The minimum Gasteiger partial charge on any atom is -0.325 e. The number of non-ortho nitro benzene ring substituents is 1. The fourth-order valence-corrected chi connectivity index (χ4v) is 6.54. The maximum absolute atomic E-state index is 13.5. The van der Waals surface area contributed by atoms with Crippen molar-refractivity contribution in [2.45, 2.75) is 23.6 Å². The molecule has 0 saturated heterocycles. The van der Waals surface area contributed by atoms with Crippen molar-refractivity contribution in [1.82, 2.24) is 0 Å². The van der Waals surface area contributed by atoms with E-state index in [9.17, 15) is 31.7 Å². The van der Waals surface area contributed by atoms with Gasteiger partial charge >= 0.3 is 0 Å². The lowest BCUT2D eigenvalue weighted by Crippen LogP contribution is -2.38. The van der Waals surface area contributed by atoms with Crippen LogP contribution < -0.4 is 14.3 Å². The van der Waals surface area contributed by atoms with Gasteiger partial charge in [0.2, 0.25) is 5.91 Å². The minimum absolute atomic E-state index is 0.0413. The maximum Gasteiger partial charge on any atom is 0.271 e. The van der Waals surface area contributed by atoms with Gasteiger partial charge in [-0.2, -0.15) is 0 Å². The van der Waals surface area contributed by atoms with Crippen molar-refractivity contribution in [2.24, 2.45) is 0 Å². The highest BCUT2D eigenvalue weighted by molar-refractivity contribution is 7.93. The van der Waals surface area contributed by atoms with E-state index < -0.39 is 37.4 Å². The molecule has 41 heavy (non-hydrogen) atoms. The first-order valence-electron chi connectivity index (χ1n) is 12.2. The van der Waals surface area contributed by atoms with Crippen LogP contribution in [0, 0.1) is 24.0 Å². The zero-order valence-corrected chi connectivity index (χ0v) is 23.6. The van der Waals surface area contributed by atoms with Gasteiger partial charge in [-0.25, -0.2) is 16.8 Å². The molecule has 212 valence electrons. The van der Waals surface area contributed by atoms with Crippen LogP contribution in [0.3, 0.4) is 0 Å². The smallest absolute Gasteiger partial charge is 0.271 e. The molecule has 13 heteroatoms. The van der Waals surface area contributed by atoms with Gasteiger partial charge in [0, 0.05) is 17.8 Å². The zero-order chi connectivity index (χ0) is 29.8. The van der Waals surface area contributed by atoms with Gasteiger partial charge in [-0.15, -0.1) is 0 Å². The first-order valence-corrected chi connectivity index (χ1v) is 15.1. The Labute approximate surface area is 237 Å². The molecule has 0 fully saturated rings. The summed E-state index contributed by atoms with van der Waals surface area (Å²) in [7, 11) is -8.20. The van der Waals surface area contributed by atoms with Gasteiger partial charge < -0.3 is 5.32 Å². The van der Waals surface area contributed by atoms with Crippen LogP contribution in [0.1, 0.15) is 11.1 Å². The molecule has 1 amide bonds. The summed E-state index contributed by atoms with van der Waals surface area (Å²) in [6, 6.07) is 23.0. The number of anilines is 3. The average Bonchev–Trinajstić information content (AvgIpc) is 2.94. The molecule has 4 aromatic rings. The Kier molecular flexibility index (Phi) is 8.40. The van der Waals surface area contributed by atoms with Gasteiger partial charge in [0.05, 0.1) is 26.1 Å². The molecule has 0 aliphatic rings. The largest absolute Gasteiger partial charge is 0.325 e. The molecule has 0 aromatic heterocycles. The van der Waals surface area contributed by atoms with Crippen molar-refractivity contribution in [2.75, 3.05) is 20.9 Å². The Hall–Kier alpha value is -4.75. The fourth-order valence-electron chi connectivity index (χ4n) is 3.98. The number of sulfonamides is 2. The monoisotopic (exact) mass is 594 g/mol. The predicted molar refractivity (Wildman–Crippen MR) is 156 cm³/mol. The normalized spacial score (nSPS) is 11.5. The number of nitro benzene ring substituents is 1. The predicted octanol–water partition coefficient (Wildman–Crippen LogP) is 4.85. The Morgan fingerprint density at radius 3 is 2.15 bits per heavy atom. The second-order valence-electron chi connectivity index (χ2n) is 9.10. The highest BCUT2D eigenvalue weighted by Gasteiger charge is 2.28. The summed E-state index contributed by atoms with van der Waals surface area (Å²) in [5, 5.41) is 13.9. The van der Waals surface area contributed by atoms with Crippen molar-refractivity contribution in [3.8, 4) is 0 Å². The summed E-state index contributed by atoms with van der Waals surface area (Å²) in [5.41, 5.74) is 1.99. The summed E-state index contributed by atoms with van der Waals surface area (Å²) in [4.78, 5) is 23.5. The Morgan fingerprint density at radius 2 is 1.51 bits per heavy atom. The molecule has 0 saturated carbocycles. The number of hydrogen-bond acceptors (Lipinski definition) is 7. The molecular weight excluding hydrogens is 568 g/mol. The summed E-state index contributed by atoms with van der Waals surface area (Å²) in [5.74, 6) is -0.750. The van der Waals surface area contributed by atoms with Crippen LogP contribution in [0.5, 0.6) is 0 Å². The first kappa shape index (κ1) is 29.2. The summed E-state index contributed by atoms with van der Waals surface area (Å²) < 4.78 is 56.0. The number of hydrogen-bond donors (Lipinski definition) is 2. The molecule has 0 heterocycles. The zero-order valence-electron chi connectivity index (χ0n) is 22.0. The minimum atomic E-state index is -4.28. The van der Waals surface area contributed by atoms with Crippen LogP contribution in [0.4, 0.5) is 22.7 Å². The summed E-state index contributed by atoms with van der Waals surface area (Å²) >= 11 is 0. The van der Waals surface area contributed by atoms with Gasteiger partial charge in [0.25, 0.3) is 25.7 Å². The van der Waals surface area contributed by atoms with Crippen molar-refractivity contribution >= 4 is 48.7 Å². The summed E-state index contributed by atoms with van der Waals surface area (Å²) in [6.45, 7) is 2.99. The van der Waals surface area contributed by atoms with Gasteiger partial charge in [-0.3, -0.25) is 23.9 Å². The van der Waals surface area contributed by atoms with Crippen LogP contribution in [0.2, 0.25) is 0 Å². The lowest BCUT2D eigenvalue weighted by Gasteiger charge is -2.24. The van der Waals surface area contributed by atoms with Crippen molar-refractivity contribution in [1.29, 1.82) is 0 Å². The van der Waals surface area contributed by atoms with E-state index in [0.717, 1.165) is 21.5 Å². The molecule has 0 unspecified atom stereocenters. The number of rotatable bonds is 10. The van der Waals surface area contributed by atoms with E-state index in [-0.39, 0.29) is 26.9 Å². The highest BCUT2D eigenvalue weighted by Crippen LogP contribution is 2.27. The third-order valence-electron chi connectivity index (χ3n) is 6.02. The van der Waals surface area contributed by atoms with Crippen LogP contribution in [-0.2, 0) is 24.8 Å². The van der Waals surface area contributed by atoms with Gasteiger partial charge in [0.1, 0.15) is 6.54 Å². The van der Waals surface area contributed by atoms with Crippen LogP contribution in [-0.4, -0.2) is 34.2 Å². The molecule has 4 aromatic carbocycles. The molecule has 0 aliphatic heterocycles. The number of aryl methyl sites for hydroxylation is 2. The van der Waals surface area contributed by atoms with E-state index in [4.69, 9.17) is 0 Å². The quantitative estimate of drug-likeness (QED) is 0.196. The molecule has 0 bridgehead atoms. The molecule has 4 rings (SSSR count). The molecule has 2 N–H and O–H groups in total. The van der Waals surface area contributed by atoms with E-state index in [1.165, 1.54) is 66.7 Å². The number of benzene rings is 4. The van der Waals surface area contributed by atoms with Crippen LogP contribution in [0.25, 0.3) is 0 Å². The fraction of sp³-hybridized carbons (Fsp3) is 0.107. The molecule has 0 radical (unpaired) electrons. The first-order chi connectivity index (χ1) is 19.4. The van der Waals surface area contributed by atoms with E-state index in [0.29, 0.717) is 5.69 Å². The van der Waals surface area contributed by atoms with Crippen LogP contribution >= 0.6 is 0 Å². The second-order valence-corrected chi connectivity index (χ2v) is 12.6. The Balaban J connectivity index is 1.55. The lowest BCUT2D eigenvalue weighted by atomic mass is 10.1. The second kappa shape index (κ2) is 11.8. The van der Waals surface area contributed by atoms with E-state index in [1.54, 1.807) is 25.1 Å². The Morgan fingerprint density at radius 1 is 0.829 bits per heavy atom. The lowest BCUT2D eigenvalue weighted by molar-refractivity contribution is -0.384. The third kappa shape index (κ3) is 6.88. The molecule has 0 atom stereocenters. The van der Waals surface area contributed by atoms with E-state index >= 15 is 0 Å².